The van der Waals surface area contributed by atoms with Gasteiger partial charge in [-0.3, -0.25) is 0 Å². The third-order valence-electron chi connectivity index (χ3n) is 3.06. The highest BCUT2D eigenvalue weighted by atomic mass is 79.9. The minimum atomic E-state index is 0.595. The summed E-state index contributed by atoms with van der Waals surface area (Å²) >= 11 is 9.46. The molecule has 1 aromatic carbocycles. The molecule has 2 unspecified atom stereocenters. The number of halogens is 2. The summed E-state index contributed by atoms with van der Waals surface area (Å²) in [7, 11) is 0. The van der Waals surface area contributed by atoms with Gasteiger partial charge in [0.25, 0.3) is 0 Å². The third kappa shape index (κ3) is 4.16. The van der Waals surface area contributed by atoms with Crippen LogP contribution in [0, 0.1) is 11.8 Å². The van der Waals surface area contributed by atoms with E-state index in [0.717, 1.165) is 16.8 Å². The fraction of sp³-hybridized carbons (Fsp3) is 0.538. The Morgan fingerprint density at radius 1 is 1.27 bits per heavy atom. The van der Waals surface area contributed by atoms with Gasteiger partial charge in [-0.2, -0.15) is 0 Å². The molecule has 0 spiro atoms. The van der Waals surface area contributed by atoms with E-state index in [1.807, 2.05) is 0 Å². The van der Waals surface area contributed by atoms with Crippen LogP contribution in [0.3, 0.4) is 0 Å². The quantitative estimate of drug-likeness (QED) is 0.677. The van der Waals surface area contributed by atoms with E-state index in [9.17, 15) is 0 Å². The van der Waals surface area contributed by atoms with Gasteiger partial charge in [-0.05, 0) is 36.0 Å². The average molecular weight is 290 g/mol. The van der Waals surface area contributed by atoms with Crippen molar-refractivity contribution in [3.8, 4) is 0 Å². The molecule has 2 atom stereocenters. The topological polar surface area (TPSA) is 0 Å². The highest BCUT2D eigenvalue weighted by Gasteiger charge is 2.14. The molecule has 0 aromatic heterocycles. The lowest BCUT2D eigenvalue weighted by molar-refractivity contribution is 0.379. The first-order valence-electron chi connectivity index (χ1n) is 5.47. The second-order valence-corrected chi connectivity index (χ2v) is 5.35. The molecule has 0 saturated heterocycles. The summed E-state index contributed by atoms with van der Waals surface area (Å²) in [4.78, 5) is 0. The maximum Gasteiger partial charge on any atom is 0.0257 e. The minimum absolute atomic E-state index is 0.595. The first-order valence-corrected chi connectivity index (χ1v) is 6.80. The zero-order valence-electron chi connectivity index (χ0n) is 9.34. The smallest absolute Gasteiger partial charge is 0.0257 e. The van der Waals surface area contributed by atoms with Gasteiger partial charge in [0.05, 0.1) is 0 Å². The van der Waals surface area contributed by atoms with E-state index in [2.05, 4.69) is 54.0 Å². The van der Waals surface area contributed by atoms with Gasteiger partial charge in [0, 0.05) is 10.4 Å². The number of rotatable bonds is 5. The number of hydrogen-bond donors (Lipinski definition) is 0. The molecule has 0 aliphatic heterocycles. The number of benzene rings is 1. The molecule has 2 heteroatoms. The molecule has 0 aliphatic rings. The van der Waals surface area contributed by atoms with Crippen molar-refractivity contribution >= 4 is 27.5 Å². The molecule has 0 N–H and O–H groups in total. The second-order valence-electron chi connectivity index (χ2n) is 4.13. The van der Waals surface area contributed by atoms with E-state index in [4.69, 9.17) is 11.6 Å². The lowest BCUT2D eigenvalue weighted by Crippen LogP contribution is -2.15. The van der Waals surface area contributed by atoms with Gasteiger partial charge in [0.2, 0.25) is 0 Å². The summed E-state index contributed by atoms with van der Waals surface area (Å²) in [5, 5.41) is 0. The van der Waals surface area contributed by atoms with E-state index in [1.165, 1.54) is 12.0 Å². The molecule has 0 heterocycles. The summed E-state index contributed by atoms with van der Waals surface area (Å²) in [6, 6.07) is 8.53. The standard InChI is InChI=1S/C13H18BrCl/c1-3-10(2)12(9-15)8-11-4-6-13(14)7-5-11/h4-7,10,12H,3,8-9H2,1-2H3. The molecule has 1 rings (SSSR count). The van der Waals surface area contributed by atoms with Crippen molar-refractivity contribution in [2.45, 2.75) is 26.7 Å². The van der Waals surface area contributed by atoms with Crippen LogP contribution in [0.15, 0.2) is 28.7 Å². The molecule has 0 fully saturated rings. The van der Waals surface area contributed by atoms with Gasteiger partial charge in [-0.15, -0.1) is 11.6 Å². The number of hydrogen-bond acceptors (Lipinski definition) is 0. The largest absolute Gasteiger partial charge is 0.126 e. The van der Waals surface area contributed by atoms with Crippen molar-refractivity contribution in [3.63, 3.8) is 0 Å². The van der Waals surface area contributed by atoms with Crippen LogP contribution >= 0.6 is 27.5 Å². The predicted octanol–water partition coefficient (Wildman–Crippen LogP) is 4.89. The highest BCUT2D eigenvalue weighted by Crippen LogP contribution is 2.22. The van der Waals surface area contributed by atoms with Crippen LogP contribution in [0.5, 0.6) is 0 Å². The normalized spacial score (nSPS) is 14.9. The Kier molecular flexibility index (Phi) is 5.70. The van der Waals surface area contributed by atoms with Crippen molar-refractivity contribution < 1.29 is 0 Å². The van der Waals surface area contributed by atoms with Crippen molar-refractivity contribution in [2.75, 3.05) is 5.88 Å². The monoisotopic (exact) mass is 288 g/mol. The summed E-state index contributed by atoms with van der Waals surface area (Å²) in [5.74, 6) is 2.05. The fourth-order valence-electron chi connectivity index (χ4n) is 1.66. The Morgan fingerprint density at radius 2 is 1.87 bits per heavy atom. The average Bonchev–Trinajstić information content (AvgIpc) is 2.27. The third-order valence-corrected chi connectivity index (χ3v) is 3.98. The van der Waals surface area contributed by atoms with Gasteiger partial charge < -0.3 is 0 Å². The molecule has 0 aliphatic carbocycles. The van der Waals surface area contributed by atoms with Gasteiger partial charge in [-0.25, -0.2) is 0 Å². The van der Waals surface area contributed by atoms with Crippen molar-refractivity contribution in [1.29, 1.82) is 0 Å². The van der Waals surface area contributed by atoms with Crippen LogP contribution in [0.2, 0.25) is 0 Å². The Labute approximate surface area is 106 Å². The predicted molar refractivity (Wildman–Crippen MR) is 71.5 cm³/mol. The van der Waals surface area contributed by atoms with E-state index < -0.39 is 0 Å². The van der Waals surface area contributed by atoms with Gasteiger partial charge in [-0.1, -0.05) is 48.3 Å². The van der Waals surface area contributed by atoms with Crippen LogP contribution in [-0.4, -0.2) is 5.88 Å². The maximum atomic E-state index is 6.01. The first kappa shape index (κ1) is 13.1. The molecular formula is C13H18BrCl. The van der Waals surface area contributed by atoms with Crippen molar-refractivity contribution in [2.24, 2.45) is 11.8 Å². The fourth-order valence-corrected chi connectivity index (χ4v) is 2.34. The second kappa shape index (κ2) is 6.55. The van der Waals surface area contributed by atoms with Gasteiger partial charge in [0.15, 0.2) is 0 Å². The summed E-state index contributed by atoms with van der Waals surface area (Å²) in [6.07, 6.45) is 2.29. The van der Waals surface area contributed by atoms with E-state index in [-0.39, 0.29) is 0 Å². The Bertz CT molecular complexity index is 281. The van der Waals surface area contributed by atoms with Crippen LogP contribution in [-0.2, 0) is 6.42 Å². The van der Waals surface area contributed by atoms with Crippen LogP contribution < -0.4 is 0 Å². The molecule has 0 bridgehead atoms. The Morgan fingerprint density at radius 3 is 2.33 bits per heavy atom. The summed E-state index contributed by atoms with van der Waals surface area (Å²) < 4.78 is 1.14. The first-order chi connectivity index (χ1) is 7.17. The molecule has 0 nitrogen and oxygen atoms in total. The van der Waals surface area contributed by atoms with Gasteiger partial charge in [0.1, 0.15) is 0 Å². The Balaban J connectivity index is 2.62. The highest BCUT2D eigenvalue weighted by molar-refractivity contribution is 9.10. The zero-order chi connectivity index (χ0) is 11.3. The van der Waals surface area contributed by atoms with Gasteiger partial charge >= 0.3 is 0 Å². The van der Waals surface area contributed by atoms with Crippen molar-refractivity contribution in [3.05, 3.63) is 34.3 Å². The summed E-state index contributed by atoms with van der Waals surface area (Å²) in [5.41, 5.74) is 1.38. The maximum absolute atomic E-state index is 6.01. The van der Waals surface area contributed by atoms with E-state index in [0.29, 0.717) is 11.8 Å². The molecule has 0 radical (unpaired) electrons. The minimum Gasteiger partial charge on any atom is -0.126 e. The lowest BCUT2D eigenvalue weighted by atomic mass is 9.88. The summed E-state index contributed by atoms with van der Waals surface area (Å²) in [6.45, 7) is 4.51. The van der Waals surface area contributed by atoms with Crippen molar-refractivity contribution in [1.82, 2.24) is 0 Å². The molecule has 0 amide bonds. The van der Waals surface area contributed by atoms with E-state index >= 15 is 0 Å². The molecule has 0 saturated carbocycles. The number of alkyl halides is 1. The van der Waals surface area contributed by atoms with Crippen LogP contribution in [0.25, 0.3) is 0 Å². The SMILES string of the molecule is CCC(C)C(CCl)Cc1ccc(Br)cc1. The Hall–Kier alpha value is -0.0100. The van der Waals surface area contributed by atoms with Crippen LogP contribution in [0.4, 0.5) is 0 Å². The zero-order valence-corrected chi connectivity index (χ0v) is 11.7. The van der Waals surface area contributed by atoms with E-state index in [1.54, 1.807) is 0 Å². The molecule has 1 aromatic rings. The van der Waals surface area contributed by atoms with Crippen LogP contribution in [0.1, 0.15) is 25.8 Å². The molecule has 15 heavy (non-hydrogen) atoms. The molecule has 84 valence electrons. The molecular weight excluding hydrogens is 272 g/mol. The lowest BCUT2D eigenvalue weighted by Gasteiger charge is -2.20.